The number of halogens is 2. The Balaban J connectivity index is 0.00000128. The van der Waals surface area contributed by atoms with Crippen molar-refractivity contribution in [3.8, 4) is 0 Å². The van der Waals surface area contributed by atoms with Crippen LogP contribution in [0.4, 0.5) is 0 Å². The number of hydrogen-bond acceptors (Lipinski definition) is 3. The van der Waals surface area contributed by atoms with Gasteiger partial charge in [-0.25, -0.2) is 0 Å². The Labute approximate surface area is 113 Å². The second-order valence-electron chi connectivity index (χ2n) is 3.79. The molecule has 0 saturated carbocycles. The summed E-state index contributed by atoms with van der Waals surface area (Å²) >= 11 is 0. The lowest BCUT2D eigenvalue weighted by molar-refractivity contribution is -0.119. The van der Waals surface area contributed by atoms with Gasteiger partial charge in [0, 0.05) is 37.9 Å². The van der Waals surface area contributed by atoms with Crippen LogP contribution in [-0.2, 0) is 11.3 Å². The minimum Gasteiger partial charge on any atom is -0.352 e. The van der Waals surface area contributed by atoms with Crippen LogP contribution in [0.5, 0.6) is 0 Å². The second-order valence-corrected chi connectivity index (χ2v) is 3.79. The van der Waals surface area contributed by atoms with E-state index < -0.39 is 0 Å². The molecule has 96 valence electrons. The average Bonchev–Trinajstić information content (AvgIpc) is 2.66. The third-order valence-electron chi connectivity index (χ3n) is 2.55. The average molecular weight is 278 g/mol. The van der Waals surface area contributed by atoms with E-state index in [1.807, 2.05) is 12.1 Å². The quantitative estimate of drug-likeness (QED) is 0.872. The zero-order valence-corrected chi connectivity index (χ0v) is 11.0. The van der Waals surface area contributed by atoms with Crippen molar-refractivity contribution in [1.29, 1.82) is 0 Å². The summed E-state index contributed by atoms with van der Waals surface area (Å²) in [5, 5.41) is 6.25. The molecule has 2 heterocycles. The smallest absolute Gasteiger partial charge is 0.220 e. The van der Waals surface area contributed by atoms with Crippen molar-refractivity contribution < 1.29 is 4.79 Å². The molecule has 1 atom stereocenters. The van der Waals surface area contributed by atoms with Crippen LogP contribution >= 0.6 is 24.8 Å². The van der Waals surface area contributed by atoms with Crippen LogP contribution in [0.15, 0.2) is 24.5 Å². The van der Waals surface area contributed by atoms with Gasteiger partial charge in [0.2, 0.25) is 5.91 Å². The highest BCUT2D eigenvalue weighted by atomic mass is 35.5. The minimum atomic E-state index is 0. The van der Waals surface area contributed by atoms with Crippen molar-refractivity contribution in [2.75, 3.05) is 6.54 Å². The SMILES string of the molecule is Cl.Cl.O=C1CCC(CNCc2ccncc2)N1. The predicted molar refractivity (Wildman–Crippen MR) is 71.6 cm³/mol. The first kappa shape index (κ1) is 16.2. The molecule has 0 aliphatic carbocycles. The van der Waals surface area contributed by atoms with Crippen molar-refractivity contribution in [3.05, 3.63) is 30.1 Å². The number of carbonyl (C=O) groups excluding carboxylic acids is 1. The first-order valence-corrected chi connectivity index (χ1v) is 5.23. The lowest BCUT2D eigenvalue weighted by Crippen LogP contribution is -2.35. The summed E-state index contributed by atoms with van der Waals surface area (Å²) in [5.41, 5.74) is 1.22. The van der Waals surface area contributed by atoms with Crippen LogP contribution in [0.1, 0.15) is 18.4 Å². The summed E-state index contributed by atoms with van der Waals surface area (Å²) in [6.45, 7) is 1.67. The summed E-state index contributed by atoms with van der Waals surface area (Å²) in [5.74, 6) is 0.172. The van der Waals surface area contributed by atoms with Crippen LogP contribution in [0, 0.1) is 0 Å². The van der Waals surface area contributed by atoms with Gasteiger partial charge in [-0.15, -0.1) is 24.8 Å². The maximum absolute atomic E-state index is 10.9. The molecule has 0 aromatic carbocycles. The number of pyridine rings is 1. The molecule has 1 amide bonds. The fourth-order valence-corrected chi connectivity index (χ4v) is 1.72. The molecular formula is C11H17Cl2N3O. The topological polar surface area (TPSA) is 54.0 Å². The molecule has 0 spiro atoms. The summed E-state index contributed by atoms with van der Waals surface area (Å²) in [4.78, 5) is 14.9. The molecule has 1 fully saturated rings. The van der Waals surface area contributed by atoms with Gasteiger partial charge in [0.15, 0.2) is 0 Å². The molecule has 17 heavy (non-hydrogen) atoms. The van der Waals surface area contributed by atoms with Crippen molar-refractivity contribution in [1.82, 2.24) is 15.6 Å². The molecule has 2 N–H and O–H groups in total. The van der Waals surface area contributed by atoms with Gasteiger partial charge < -0.3 is 10.6 Å². The number of rotatable bonds is 4. The standard InChI is InChI=1S/C11H15N3O.2ClH/c15-11-2-1-10(14-11)8-13-7-9-3-5-12-6-4-9;;/h3-6,10,13H,1-2,7-8H2,(H,14,15);2*1H. The molecule has 6 heteroatoms. The first-order valence-electron chi connectivity index (χ1n) is 5.23. The van der Waals surface area contributed by atoms with Crippen molar-refractivity contribution >= 4 is 30.7 Å². The number of amides is 1. The van der Waals surface area contributed by atoms with E-state index in [2.05, 4.69) is 15.6 Å². The Morgan fingerprint density at radius 3 is 2.65 bits per heavy atom. The molecule has 1 aromatic rings. The molecule has 1 aliphatic heterocycles. The van der Waals surface area contributed by atoms with E-state index in [0.29, 0.717) is 12.5 Å². The number of aromatic nitrogens is 1. The first-order chi connectivity index (χ1) is 7.34. The monoisotopic (exact) mass is 277 g/mol. The normalized spacial score (nSPS) is 17.9. The van der Waals surface area contributed by atoms with E-state index in [4.69, 9.17) is 0 Å². The van der Waals surface area contributed by atoms with Crippen molar-refractivity contribution in [2.24, 2.45) is 0 Å². The van der Waals surface area contributed by atoms with Crippen LogP contribution in [0.2, 0.25) is 0 Å². The van der Waals surface area contributed by atoms with Gasteiger partial charge in [0.25, 0.3) is 0 Å². The number of hydrogen-bond donors (Lipinski definition) is 2. The Hall–Kier alpha value is -0.840. The van der Waals surface area contributed by atoms with Gasteiger partial charge in [-0.1, -0.05) is 0 Å². The molecule has 1 aromatic heterocycles. The van der Waals surface area contributed by atoms with Gasteiger partial charge in [-0.3, -0.25) is 9.78 Å². The molecule has 2 rings (SSSR count). The highest BCUT2D eigenvalue weighted by molar-refractivity contribution is 5.85. The Kier molecular flexibility index (Phi) is 7.87. The van der Waals surface area contributed by atoms with E-state index in [9.17, 15) is 4.79 Å². The van der Waals surface area contributed by atoms with Crippen molar-refractivity contribution in [2.45, 2.75) is 25.4 Å². The van der Waals surface area contributed by atoms with Gasteiger partial charge >= 0.3 is 0 Å². The van der Waals surface area contributed by atoms with Crippen LogP contribution in [-0.4, -0.2) is 23.5 Å². The van der Waals surface area contributed by atoms with E-state index in [1.165, 1.54) is 5.56 Å². The van der Waals surface area contributed by atoms with E-state index >= 15 is 0 Å². The van der Waals surface area contributed by atoms with E-state index in [0.717, 1.165) is 19.5 Å². The van der Waals surface area contributed by atoms with E-state index in [1.54, 1.807) is 12.4 Å². The lowest BCUT2D eigenvalue weighted by Gasteiger charge is -2.10. The summed E-state index contributed by atoms with van der Waals surface area (Å²) in [7, 11) is 0. The molecule has 1 unspecified atom stereocenters. The fourth-order valence-electron chi connectivity index (χ4n) is 1.72. The summed E-state index contributed by atoms with van der Waals surface area (Å²) < 4.78 is 0. The zero-order chi connectivity index (χ0) is 10.5. The van der Waals surface area contributed by atoms with Crippen LogP contribution in [0.25, 0.3) is 0 Å². The number of nitrogens with one attached hydrogen (secondary N) is 2. The Morgan fingerprint density at radius 1 is 1.35 bits per heavy atom. The Bertz CT molecular complexity index is 335. The maximum Gasteiger partial charge on any atom is 0.220 e. The molecular weight excluding hydrogens is 261 g/mol. The third-order valence-corrected chi connectivity index (χ3v) is 2.55. The lowest BCUT2D eigenvalue weighted by atomic mass is 10.2. The number of nitrogens with zero attached hydrogens (tertiary/aromatic N) is 1. The molecule has 4 nitrogen and oxygen atoms in total. The summed E-state index contributed by atoms with van der Waals surface area (Å²) in [6, 6.07) is 4.28. The zero-order valence-electron chi connectivity index (χ0n) is 9.39. The molecule has 1 saturated heterocycles. The van der Waals surface area contributed by atoms with E-state index in [-0.39, 0.29) is 30.7 Å². The fraction of sp³-hybridized carbons (Fsp3) is 0.455. The highest BCUT2D eigenvalue weighted by Gasteiger charge is 2.19. The molecule has 1 aliphatic rings. The number of carbonyl (C=O) groups is 1. The van der Waals surface area contributed by atoms with Crippen LogP contribution in [0.3, 0.4) is 0 Å². The minimum absolute atomic E-state index is 0. The van der Waals surface area contributed by atoms with Gasteiger partial charge in [-0.05, 0) is 24.1 Å². The van der Waals surface area contributed by atoms with Gasteiger partial charge in [-0.2, -0.15) is 0 Å². The van der Waals surface area contributed by atoms with Gasteiger partial charge in [0.1, 0.15) is 0 Å². The predicted octanol–water partition coefficient (Wildman–Crippen LogP) is 1.29. The largest absolute Gasteiger partial charge is 0.352 e. The van der Waals surface area contributed by atoms with Crippen LogP contribution < -0.4 is 10.6 Å². The molecule has 0 radical (unpaired) electrons. The summed E-state index contributed by atoms with van der Waals surface area (Å²) in [6.07, 6.45) is 5.19. The maximum atomic E-state index is 10.9. The molecule has 0 bridgehead atoms. The second kappa shape index (κ2) is 8.28. The highest BCUT2D eigenvalue weighted by Crippen LogP contribution is 2.05. The van der Waals surface area contributed by atoms with Gasteiger partial charge in [0.05, 0.1) is 0 Å². The Morgan fingerprint density at radius 2 is 2.06 bits per heavy atom. The third kappa shape index (κ3) is 5.35. The van der Waals surface area contributed by atoms with Crippen molar-refractivity contribution in [3.63, 3.8) is 0 Å².